The summed E-state index contributed by atoms with van der Waals surface area (Å²) < 4.78 is 0. The molecule has 1 rings (SSSR count). The standard InChI is InChI=1S/C12H14/c1-2-3-4-6-9-12-10-7-5-8-11-12/h3-11H,2H2,1H3/b4-3+,9-6+. The zero-order chi connectivity index (χ0) is 8.65. The lowest BCUT2D eigenvalue weighted by Crippen LogP contribution is -1.66. The lowest BCUT2D eigenvalue weighted by atomic mass is 10.2. The van der Waals surface area contributed by atoms with E-state index < -0.39 is 0 Å². The zero-order valence-electron chi connectivity index (χ0n) is 7.40. The number of benzene rings is 1. The van der Waals surface area contributed by atoms with Crippen molar-refractivity contribution >= 4 is 6.08 Å². The Kier molecular flexibility index (Phi) is 3.93. The molecular formula is C12H14. The van der Waals surface area contributed by atoms with E-state index in [1.165, 1.54) is 5.56 Å². The predicted octanol–water partition coefficient (Wildman–Crippen LogP) is 3.67. The normalized spacial score (nSPS) is 11.4. The van der Waals surface area contributed by atoms with Gasteiger partial charge in [0.05, 0.1) is 0 Å². The average Bonchev–Trinajstić information content (AvgIpc) is 2.14. The Hall–Kier alpha value is -1.30. The van der Waals surface area contributed by atoms with Crippen molar-refractivity contribution in [2.24, 2.45) is 0 Å². The Morgan fingerprint density at radius 1 is 1.08 bits per heavy atom. The third kappa shape index (κ3) is 3.20. The van der Waals surface area contributed by atoms with Crippen LogP contribution in [0.4, 0.5) is 0 Å². The Morgan fingerprint density at radius 3 is 2.50 bits per heavy atom. The van der Waals surface area contributed by atoms with E-state index >= 15 is 0 Å². The van der Waals surface area contributed by atoms with Crippen molar-refractivity contribution in [1.29, 1.82) is 0 Å². The van der Waals surface area contributed by atoms with Crippen molar-refractivity contribution in [2.45, 2.75) is 13.3 Å². The summed E-state index contributed by atoms with van der Waals surface area (Å²) in [6.45, 7) is 2.13. The molecule has 0 nitrogen and oxygen atoms in total. The molecule has 0 aliphatic rings. The molecule has 0 heteroatoms. The highest BCUT2D eigenvalue weighted by Crippen LogP contribution is 2.00. The Bertz CT molecular complexity index is 255. The number of rotatable bonds is 3. The Labute approximate surface area is 74.2 Å². The molecule has 0 spiro atoms. The van der Waals surface area contributed by atoms with Crippen LogP contribution in [0.25, 0.3) is 6.08 Å². The second kappa shape index (κ2) is 5.36. The molecule has 0 heterocycles. The number of hydrogen-bond acceptors (Lipinski definition) is 0. The molecule has 62 valence electrons. The van der Waals surface area contributed by atoms with Gasteiger partial charge in [-0.3, -0.25) is 0 Å². The minimum absolute atomic E-state index is 1.10. The van der Waals surface area contributed by atoms with E-state index in [0.29, 0.717) is 0 Å². The summed E-state index contributed by atoms with van der Waals surface area (Å²) in [5.74, 6) is 0. The van der Waals surface area contributed by atoms with Crippen molar-refractivity contribution in [1.82, 2.24) is 0 Å². The van der Waals surface area contributed by atoms with Crippen LogP contribution < -0.4 is 0 Å². The average molecular weight is 158 g/mol. The molecule has 0 fully saturated rings. The van der Waals surface area contributed by atoms with Crippen LogP contribution >= 0.6 is 0 Å². The molecule has 1 aromatic carbocycles. The summed E-state index contributed by atoms with van der Waals surface area (Å²) in [4.78, 5) is 0. The van der Waals surface area contributed by atoms with Gasteiger partial charge in [0.25, 0.3) is 0 Å². The quantitative estimate of drug-likeness (QED) is 0.589. The zero-order valence-corrected chi connectivity index (χ0v) is 7.40. The summed E-state index contributed by atoms with van der Waals surface area (Å²) in [5.41, 5.74) is 1.25. The third-order valence-corrected chi connectivity index (χ3v) is 1.57. The summed E-state index contributed by atoms with van der Waals surface area (Å²) in [7, 11) is 0. The topological polar surface area (TPSA) is 0 Å². The SMILES string of the molecule is CC/C=C/C=C/c1ccccc1. The van der Waals surface area contributed by atoms with E-state index in [1.54, 1.807) is 0 Å². The maximum atomic E-state index is 2.14. The fourth-order valence-electron chi connectivity index (χ4n) is 0.945. The lowest BCUT2D eigenvalue weighted by Gasteiger charge is -1.87. The number of hydrogen-bond donors (Lipinski definition) is 0. The smallest absolute Gasteiger partial charge is 0.0257 e. The van der Waals surface area contributed by atoms with Gasteiger partial charge in [-0.25, -0.2) is 0 Å². The monoisotopic (exact) mass is 158 g/mol. The molecule has 0 bridgehead atoms. The minimum Gasteiger partial charge on any atom is -0.0848 e. The first-order chi connectivity index (χ1) is 5.93. The van der Waals surface area contributed by atoms with E-state index in [-0.39, 0.29) is 0 Å². The molecule has 0 saturated carbocycles. The molecule has 12 heavy (non-hydrogen) atoms. The van der Waals surface area contributed by atoms with Crippen LogP contribution in [-0.2, 0) is 0 Å². The van der Waals surface area contributed by atoms with E-state index in [0.717, 1.165) is 6.42 Å². The first-order valence-electron chi connectivity index (χ1n) is 4.31. The van der Waals surface area contributed by atoms with Gasteiger partial charge in [-0.1, -0.05) is 61.6 Å². The van der Waals surface area contributed by atoms with Crippen LogP contribution in [0.15, 0.2) is 48.6 Å². The van der Waals surface area contributed by atoms with E-state index in [9.17, 15) is 0 Å². The van der Waals surface area contributed by atoms with Gasteiger partial charge in [0.15, 0.2) is 0 Å². The highest BCUT2D eigenvalue weighted by atomic mass is 13.8. The van der Waals surface area contributed by atoms with Crippen LogP contribution in [-0.4, -0.2) is 0 Å². The summed E-state index contributed by atoms with van der Waals surface area (Å²) in [6.07, 6.45) is 9.48. The fourth-order valence-corrected chi connectivity index (χ4v) is 0.945. The first kappa shape index (κ1) is 8.79. The Morgan fingerprint density at radius 2 is 1.83 bits per heavy atom. The first-order valence-corrected chi connectivity index (χ1v) is 4.31. The Balaban J connectivity index is 2.52. The number of allylic oxidation sites excluding steroid dienone is 3. The summed E-state index contributed by atoms with van der Waals surface area (Å²) in [5, 5.41) is 0. The molecule has 0 unspecified atom stereocenters. The van der Waals surface area contributed by atoms with E-state index in [4.69, 9.17) is 0 Å². The van der Waals surface area contributed by atoms with Gasteiger partial charge in [0.2, 0.25) is 0 Å². The minimum atomic E-state index is 1.10. The molecule has 0 atom stereocenters. The van der Waals surface area contributed by atoms with Crippen LogP contribution in [0.3, 0.4) is 0 Å². The van der Waals surface area contributed by atoms with Gasteiger partial charge in [0, 0.05) is 0 Å². The van der Waals surface area contributed by atoms with Gasteiger partial charge >= 0.3 is 0 Å². The maximum absolute atomic E-state index is 2.14. The van der Waals surface area contributed by atoms with Crippen molar-refractivity contribution in [2.75, 3.05) is 0 Å². The van der Waals surface area contributed by atoms with Crippen molar-refractivity contribution in [3.63, 3.8) is 0 Å². The highest BCUT2D eigenvalue weighted by Gasteiger charge is 1.78. The molecule has 0 saturated heterocycles. The van der Waals surface area contributed by atoms with Crippen LogP contribution in [0.5, 0.6) is 0 Å². The van der Waals surface area contributed by atoms with Gasteiger partial charge in [-0.2, -0.15) is 0 Å². The molecule has 0 aliphatic carbocycles. The van der Waals surface area contributed by atoms with Crippen LogP contribution in [0, 0.1) is 0 Å². The molecular weight excluding hydrogens is 144 g/mol. The largest absolute Gasteiger partial charge is 0.0848 e. The lowest BCUT2D eigenvalue weighted by molar-refractivity contribution is 1.22. The van der Waals surface area contributed by atoms with Crippen molar-refractivity contribution in [3.05, 3.63) is 54.1 Å². The summed E-state index contributed by atoms with van der Waals surface area (Å²) >= 11 is 0. The summed E-state index contributed by atoms with van der Waals surface area (Å²) in [6, 6.07) is 10.3. The maximum Gasteiger partial charge on any atom is -0.0257 e. The van der Waals surface area contributed by atoms with Crippen molar-refractivity contribution < 1.29 is 0 Å². The fraction of sp³-hybridized carbons (Fsp3) is 0.167. The van der Waals surface area contributed by atoms with Gasteiger partial charge in [-0.05, 0) is 12.0 Å². The van der Waals surface area contributed by atoms with Gasteiger partial charge < -0.3 is 0 Å². The molecule has 0 amide bonds. The molecule has 0 aromatic heterocycles. The van der Waals surface area contributed by atoms with E-state index in [1.807, 2.05) is 18.2 Å². The molecule has 0 aliphatic heterocycles. The van der Waals surface area contributed by atoms with Crippen LogP contribution in [0.2, 0.25) is 0 Å². The molecule has 0 N–H and O–H groups in total. The second-order valence-corrected chi connectivity index (χ2v) is 2.61. The van der Waals surface area contributed by atoms with Gasteiger partial charge in [0.1, 0.15) is 0 Å². The molecule has 0 radical (unpaired) electrons. The molecule has 1 aromatic rings. The van der Waals surface area contributed by atoms with Crippen molar-refractivity contribution in [3.8, 4) is 0 Å². The second-order valence-electron chi connectivity index (χ2n) is 2.61. The van der Waals surface area contributed by atoms with Gasteiger partial charge in [-0.15, -0.1) is 0 Å². The highest BCUT2D eigenvalue weighted by molar-refractivity contribution is 5.50. The predicted molar refractivity (Wildman–Crippen MR) is 54.9 cm³/mol. The van der Waals surface area contributed by atoms with Crippen LogP contribution in [0.1, 0.15) is 18.9 Å². The third-order valence-electron chi connectivity index (χ3n) is 1.57. The van der Waals surface area contributed by atoms with E-state index in [2.05, 4.69) is 43.4 Å².